The summed E-state index contributed by atoms with van der Waals surface area (Å²) < 4.78 is 9.54. The first-order valence-electron chi connectivity index (χ1n) is 10.7. The van der Waals surface area contributed by atoms with Crippen molar-refractivity contribution >= 4 is 28.4 Å². The van der Waals surface area contributed by atoms with Crippen molar-refractivity contribution < 1.29 is 14.5 Å². The van der Waals surface area contributed by atoms with Gasteiger partial charge in [-0.3, -0.25) is 14.9 Å². The smallest absolute Gasteiger partial charge is 0.269 e. The molecule has 0 spiro atoms. The summed E-state index contributed by atoms with van der Waals surface area (Å²) in [5.41, 5.74) is 2.73. The van der Waals surface area contributed by atoms with Crippen LogP contribution in [0.1, 0.15) is 28.9 Å². The summed E-state index contributed by atoms with van der Waals surface area (Å²) in [6.45, 7) is 3.22. The number of nitrogens with one attached hydrogen (secondary N) is 1. The number of anilines is 1. The summed E-state index contributed by atoms with van der Waals surface area (Å²) >= 11 is 0. The molecule has 1 unspecified atom stereocenters. The molecule has 0 bridgehead atoms. The van der Waals surface area contributed by atoms with Crippen molar-refractivity contribution in [2.24, 2.45) is 0 Å². The predicted molar refractivity (Wildman–Crippen MR) is 122 cm³/mol. The monoisotopic (exact) mass is 446 g/mol. The van der Waals surface area contributed by atoms with E-state index in [-0.39, 0.29) is 11.8 Å². The number of non-ortho nitro benzene ring substituents is 1. The highest BCUT2D eigenvalue weighted by Crippen LogP contribution is 2.25. The largest absolute Gasteiger partial charge is 0.376 e. The molecule has 1 atom stereocenters. The minimum Gasteiger partial charge on any atom is -0.376 e. The van der Waals surface area contributed by atoms with Crippen LogP contribution in [0.15, 0.2) is 54.6 Å². The van der Waals surface area contributed by atoms with Gasteiger partial charge >= 0.3 is 0 Å². The number of nitro groups is 1. The highest BCUT2D eigenvalue weighted by Gasteiger charge is 2.23. The lowest BCUT2D eigenvalue weighted by molar-refractivity contribution is -0.384. The number of amides is 1. The van der Waals surface area contributed by atoms with E-state index in [9.17, 15) is 14.9 Å². The normalized spacial score (nSPS) is 15.7. The number of benzene rings is 2. The zero-order valence-corrected chi connectivity index (χ0v) is 18.0. The van der Waals surface area contributed by atoms with Gasteiger partial charge in [0.05, 0.1) is 34.3 Å². The topological polar surface area (TPSA) is 117 Å². The van der Waals surface area contributed by atoms with Gasteiger partial charge in [-0.1, -0.05) is 12.1 Å². The molecule has 2 aromatic heterocycles. The minimum atomic E-state index is -0.501. The predicted octanol–water partition coefficient (Wildman–Crippen LogP) is 3.87. The van der Waals surface area contributed by atoms with Crippen LogP contribution >= 0.6 is 0 Å². The Morgan fingerprint density at radius 3 is 2.76 bits per heavy atom. The van der Waals surface area contributed by atoms with Gasteiger partial charge in [0.1, 0.15) is 5.82 Å². The van der Waals surface area contributed by atoms with Crippen LogP contribution < -0.4 is 5.32 Å². The van der Waals surface area contributed by atoms with Crippen LogP contribution in [0.5, 0.6) is 0 Å². The van der Waals surface area contributed by atoms with Crippen LogP contribution in [-0.4, -0.2) is 42.9 Å². The van der Waals surface area contributed by atoms with Crippen molar-refractivity contribution in [1.29, 1.82) is 0 Å². The number of fused-ring (bicyclic) bond motifs is 1. The minimum absolute atomic E-state index is 0.0738. The van der Waals surface area contributed by atoms with Crippen LogP contribution in [0.25, 0.3) is 17.0 Å². The van der Waals surface area contributed by atoms with Crippen LogP contribution in [0.2, 0.25) is 0 Å². The molecule has 1 fully saturated rings. The van der Waals surface area contributed by atoms with E-state index in [0.717, 1.165) is 30.5 Å². The number of hydrogen-bond acceptors (Lipinski definition) is 6. The van der Waals surface area contributed by atoms with Crippen molar-refractivity contribution in [1.82, 2.24) is 19.3 Å². The fourth-order valence-electron chi connectivity index (χ4n) is 4.06. The second-order valence-electron chi connectivity index (χ2n) is 7.99. The Labute approximate surface area is 188 Å². The number of ether oxygens (including phenoxy) is 1. The van der Waals surface area contributed by atoms with E-state index >= 15 is 0 Å². The lowest BCUT2D eigenvalue weighted by atomic mass is 10.2. The van der Waals surface area contributed by atoms with Gasteiger partial charge in [0.2, 0.25) is 5.95 Å². The first-order chi connectivity index (χ1) is 16.0. The molecule has 2 aromatic carbocycles. The Kier molecular flexibility index (Phi) is 5.35. The van der Waals surface area contributed by atoms with Gasteiger partial charge in [0, 0.05) is 30.4 Å². The summed E-state index contributed by atoms with van der Waals surface area (Å²) in [5, 5.41) is 18.3. The molecule has 1 saturated heterocycles. The van der Waals surface area contributed by atoms with Crippen molar-refractivity contribution in [2.75, 3.05) is 11.9 Å². The third kappa shape index (κ3) is 4.08. The summed E-state index contributed by atoms with van der Waals surface area (Å²) in [7, 11) is 0. The Bertz CT molecular complexity index is 1340. The molecule has 10 heteroatoms. The average Bonchev–Trinajstić information content (AvgIpc) is 3.54. The fourth-order valence-corrected chi connectivity index (χ4v) is 4.06. The highest BCUT2D eigenvalue weighted by atomic mass is 16.6. The van der Waals surface area contributed by atoms with Crippen LogP contribution in [-0.2, 0) is 11.3 Å². The maximum Gasteiger partial charge on any atom is 0.269 e. The molecule has 168 valence electrons. The molecule has 5 rings (SSSR count). The van der Waals surface area contributed by atoms with Gasteiger partial charge < -0.3 is 14.6 Å². The molecule has 1 N–H and O–H groups in total. The average molecular weight is 446 g/mol. The van der Waals surface area contributed by atoms with Gasteiger partial charge in [-0.2, -0.15) is 9.78 Å². The Morgan fingerprint density at radius 2 is 2.03 bits per heavy atom. The van der Waals surface area contributed by atoms with Crippen LogP contribution in [0.3, 0.4) is 0 Å². The molecule has 1 aliphatic heterocycles. The molecule has 10 nitrogen and oxygen atoms in total. The number of aromatic nitrogens is 4. The van der Waals surface area contributed by atoms with Crippen molar-refractivity contribution in [2.45, 2.75) is 32.4 Å². The van der Waals surface area contributed by atoms with E-state index < -0.39 is 10.8 Å². The second kappa shape index (κ2) is 8.47. The van der Waals surface area contributed by atoms with E-state index in [1.807, 2.05) is 31.2 Å². The molecule has 1 amide bonds. The number of nitro benzene ring substituents is 1. The van der Waals surface area contributed by atoms with Crippen LogP contribution in [0.4, 0.5) is 11.5 Å². The van der Waals surface area contributed by atoms with Gasteiger partial charge in [0.15, 0.2) is 0 Å². The van der Waals surface area contributed by atoms with Crippen molar-refractivity contribution in [3.8, 4) is 5.95 Å². The van der Waals surface area contributed by atoms with Gasteiger partial charge in [-0.15, -0.1) is 0 Å². The van der Waals surface area contributed by atoms with Crippen molar-refractivity contribution in [3.63, 3.8) is 0 Å². The number of para-hydroxylation sites is 2. The zero-order valence-electron chi connectivity index (χ0n) is 18.0. The Morgan fingerprint density at radius 1 is 1.24 bits per heavy atom. The highest BCUT2D eigenvalue weighted by molar-refractivity contribution is 6.04. The molecule has 0 radical (unpaired) electrons. The second-order valence-corrected chi connectivity index (χ2v) is 7.99. The number of carbonyl (C=O) groups is 1. The molecule has 0 saturated carbocycles. The maximum absolute atomic E-state index is 12.9. The Balaban J connectivity index is 1.51. The number of rotatable bonds is 6. The maximum atomic E-state index is 12.9. The third-order valence-corrected chi connectivity index (χ3v) is 5.65. The van der Waals surface area contributed by atoms with E-state index in [1.54, 1.807) is 10.7 Å². The molecule has 3 heterocycles. The first-order valence-corrected chi connectivity index (χ1v) is 10.7. The fraction of sp³-hybridized carbons (Fsp3) is 0.261. The SMILES string of the molecule is Cc1cc(NC(=O)c2ccc([N+](=O)[O-])cc2)n(-c2nc3ccccc3n2CC2CCCO2)n1. The molecule has 33 heavy (non-hydrogen) atoms. The zero-order chi connectivity index (χ0) is 22.9. The number of carbonyl (C=O) groups excluding carboxylic acids is 1. The van der Waals surface area contributed by atoms with E-state index in [2.05, 4.69) is 15.0 Å². The first kappa shape index (κ1) is 20.8. The standard InChI is InChI=1S/C23H22N6O4/c1-15-13-21(25-22(30)16-8-10-17(11-9-16)29(31)32)28(26-15)23-24-19-6-2-3-7-20(19)27(23)14-18-5-4-12-33-18/h2-3,6-11,13,18H,4-5,12,14H2,1H3,(H,25,30). The third-order valence-electron chi connectivity index (χ3n) is 5.65. The number of nitrogens with zero attached hydrogens (tertiary/aromatic N) is 5. The molecular formula is C23H22N6O4. The summed E-state index contributed by atoms with van der Waals surface area (Å²) in [5.74, 6) is 0.645. The number of hydrogen-bond donors (Lipinski definition) is 1. The lowest BCUT2D eigenvalue weighted by Gasteiger charge is -2.15. The quantitative estimate of drug-likeness (QED) is 0.355. The van der Waals surface area contributed by atoms with E-state index in [0.29, 0.717) is 29.6 Å². The van der Waals surface area contributed by atoms with Crippen LogP contribution in [0, 0.1) is 17.0 Å². The summed E-state index contributed by atoms with van der Waals surface area (Å²) in [4.78, 5) is 28.0. The molecule has 0 aliphatic carbocycles. The summed E-state index contributed by atoms with van der Waals surface area (Å²) in [6.07, 6.45) is 2.11. The van der Waals surface area contributed by atoms with Crippen molar-refractivity contribution in [3.05, 3.63) is 76.0 Å². The van der Waals surface area contributed by atoms with E-state index in [4.69, 9.17) is 9.72 Å². The lowest BCUT2D eigenvalue weighted by Crippen LogP contribution is -2.20. The van der Waals surface area contributed by atoms with Gasteiger partial charge in [-0.25, -0.2) is 4.98 Å². The molecule has 4 aromatic rings. The molecule has 1 aliphatic rings. The molecular weight excluding hydrogens is 424 g/mol. The number of imidazole rings is 1. The van der Waals surface area contributed by atoms with Gasteiger partial charge in [0.25, 0.3) is 11.6 Å². The summed E-state index contributed by atoms with van der Waals surface area (Å²) in [6, 6.07) is 15.1. The number of aryl methyl sites for hydroxylation is 1. The van der Waals surface area contributed by atoms with Gasteiger partial charge in [-0.05, 0) is 44.0 Å². The Hall–Kier alpha value is -4.05. The van der Waals surface area contributed by atoms with E-state index in [1.165, 1.54) is 24.3 Å².